The molecule has 0 heterocycles. The molecule has 3 atom stereocenters. The van der Waals surface area contributed by atoms with Crippen LogP contribution in [0.1, 0.15) is 38.2 Å². The Morgan fingerprint density at radius 3 is 2.77 bits per heavy atom. The molecule has 4 rings (SSSR count). The molecule has 0 saturated carbocycles. The second-order valence-electron chi connectivity index (χ2n) is 7.58. The first-order valence-electron chi connectivity index (χ1n) is 9.43. The minimum atomic E-state index is -0.0231. The van der Waals surface area contributed by atoms with Crippen LogP contribution in [0.2, 0.25) is 0 Å². The van der Waals surface area contributed by atoms with Crippen LogP contribution in [0.5, 0.6) is 0 Å². The van der Waals surface area contributed by atoms with Crippen molar-refractivity contribution in [1.29, 1.82) is 0 Å². The van der Waals surface area contributed by atoms with Gasteiger partial charge in [-0.15, -0.1) is 0 Å². The van der Waals surface area contributed by atoms with Gasteiger partial charge in [-0.25, -0.2) is 0 Å². The Morgan fingerprint density at radius 1 is 1.15 bits per heavy atom. The number of fused-ring (bicyclic) bond motifs is 1. The molecule has 0 bridgehead atoms. The Labute approximate surface area is 155 Å². The molecule has 0 spiro atoms. The predicted octanol–water partition coefficient (Wildman–Crippen LogP) is 5.06. The van der Waals surface area contributed by atoms with Gasteiger partial charge in [-0.05, 0) is 34.2 Å². The van der Waals surface area contributed by atoms with Gasteiger partial charge in [0.2, 0.25) is 0 Å². The van der Waals surface area contributed by atoms with E-state index in [-0.39, 0.29) is 23.7 Å². The molecule has 0 saturated heterocycles. The van der Waals surface area contributed by atoms with Crippen LogP contribution in [0, 0.1) is 5.92 Å². The van der Waals surface area contributed by atoms with Crippen LogP contribution in [0.25, 0.3) is 10.8 Å². The fraction of sp³-hybridized carbons (Fsp3) is 0.292. The van der Waals surface area contributed by atoms with E-state index < -0.39 is 0 Å². The molecule has 2 aromatic carbocycles. The summed E-state index contributed by atoms with van der Waals surface area (Å²) in [4.78, 5) is 12.7. The van der Waals surface area contributed by atoms with Crippen molar-refractivity contribution in [2.45, 2.75) is 38.6 Å². The summed E-state index contributed by atoms with van der Waals surface area (Å²) >= 11 is 0. The summed E-state index contributed by atoms with van der Waals surface area (Å²) in [5, 5.41) is 2.55. The maximum atomic E-state index is 12.7. The molecule has 2 N–H and O–H groups in total. The molecule has 2 aromatic rings. The van der Waals surface area contributed by atoms with Crippen LogP contribution in [0.15, 0.2) is 77.4 Å². The average Bonchev–Trinajstić information content (AvgIpc) is 2.65. The van der Waals surface area contributed by atoms with Gasteiger partial charge >= 0.3 is 0 Å². The van der Waals surface area contributed by atoms with E-state index in [0.29, 0.717) is 12.8 Å². The van der Waals surface area contributed by atoms with Crippen molar-refractivity contribution in [3.05, 3.63) is 83.0 Å². The lowest BCUT2D eigenvalue weighted by molar-refractivity contribution is -0.115. The van der Waals surface area contributed by atoms with E-state index in [1.54, 1.807) is 0 Å². The molecule has 0 radical (unpaired) electrons. The summed E-state index contributed by atoms with van der Waals surface area (Å²) < 4.78 is 0. The first-order chi connectivity index (χ1) is 12.5. The van der Waals surface area contributed by atoms with E-state index in [1.807, 2.05) is 6.08 Å². The lowest BCUT2D eigenvalue weighted by Crippen LogP contribution is -2.29. The quantitative estimate of drug-likeness (QED) is 0.774. The number of hydrogen-bond donors (Lipinski definition) is 1. The number of carbonyl (C=O) groups is 1. The average molecular weight is 343 g/mol. The molecule has 26 heavy (non-hydrogen) atoms. The largest absolute Gasteiger partial charge is 0.324 e. The highest BCUT2D eigenvalue weighted by molar-refractivity contribution is 6.00. The van der Waals surface area contributed by atoms with Crippen LogP contribution in [-0.2, 0) is 4.79 Å². The van der Waals surface area contributed by atoms with E-state index in [2.05, 4.69) is 68.5 Å². The maximum Gasteiger partial charge on any atom is 0.163 e. The minimum absolute atomic E-state index is 0.0231. The maximum absolute atomic E-state index is 12.7. The topological polar surface area (TPSA) is 43.1 Å². The first kappa shape index (κ1) is 17.0. The van der Waals surface area contributed by atoms with Crippen molar-refractivity contribution in [1.82, 2.24) is 0 Å². The van der Waals surface area contributed by atoms with Gasteiger partial charge in [-0.1, -0.05) is 80.1 Å². The van der Waals surface area contributed by atoms with Gasteiger partial charge < -0.3 is 5.73 Å². The van der Waals surface area contributed by atoms with E-state index in [9.17, 15) is 4.79 Å². The smallest absolute Gasteiger partial charge is 0.163 e. The van der Waals surface area contributed by atoms with Gasteiger partial charge in [0.05, 0.1) is 0 Å². The van der Waals surface area contributed by atoms with E-state index in [1.165, 1.54) is 27.5 Å². The zero-order chi connectivity index (χ0) is 18.3. The number of allylic oxidation sites excluding steroid dienone is 4. The lowest BCUT2D eigenvalue weighted by atomic mass is 9.74. The minimum Gasteiger partial charge on any atom is -0.324 e. The summed E-state index contributed by atoms with van der Waals surface area (Å²) in [5.41, 5.74) is 10.7. The SMILES string of the molecule is CC(/C=C1\CC(=O)C2=C(C=CC(N)C2)[C@@H]1C)c1cccc2ccccc12. The van der Waals surface area contributed by atoms with Gasteiger partial charge in [0.15, 0.2) is 5.78 Å². The molecule has 0 fully saturated rings. The molecule has 2 aliphatic rings. The third-order valence-electron chi connectivity index (χ3n) is 5.81. The number of ketones is 1. The molecular weight excluding hydrogens is 318 g/mol. The molecule has 0 aromatic heterocycles. The summed E-state index contributed by atoms with van der Waals surface area (Å²) in [6, 6.07) is 14.9. The Kier molecular flexibility index (Phi) is 4.37. The molecule has 2 unspecified atom stereocenters. The molecule has 132 valence electrons. The zero-order valence-corrected chi connectivity index (χ0v) is 15.4. The number of benzene rings is 2. The Morgan fingerprint density at radius 2 is 1.92 bits per heavy atom. The number of Topliss-reactive ketones (excluding diaryl/α,β-unsaturated/α-hetero) is 1. The van der Waals surface area contributed by atoms with Crippen molar-refractivity contribution in [3.8, 4) is 0 Å². The second-order valence-corrected chi connectivity index (χ2v) is 7.58. The number of carbonyl (C=O) groups excluding carboxylic acids is 1. The lowest BCUT2D eigenvalue weighted by Gasteiger charge is -2.30. The van der Waals surface area contributed by atoms with E-state index in [0.717, 1.165) is 5.57 Å². The monoisotopic (exact) mass is 343 g/mol. The van der Waals surface area contributed by atoms with Crippen molar-refractivity contribution in [3.63, 3.8) is 0 Å². The Balaban J connectivity index is 1.70. The van der Waals surface area contributed by atoms with Gasteiger partial charge in [0.1, 0.15) is 0 Å². The molecule has 0 aliphatic heterocycles. The standard InChI is InChI=1S/C24H25NO/c1-15(20-9-5-7-17-6-3-4-8-22(17)20)12-18-13-24(26)23-14-19(25)10-11-21(23)16(18)2/h3-12,15-16,19H,13-14,25H2,1-2H3/b18-12+/t15?,16-,19?/m1/s1. The van der Waals surface area contributed by atoms with Crippen molar-refractivity contribution in [2.75, 3.05) is 0 Å². The van der Waals surface area contributed by atoms with E-state index >= 15 is 0 Å². The van der Waals surface area contributed by atoms with E-state index in [4.69, 9.17) is 5.73 Å². The first-order valence-corrected chi connectivity index (χ1v) is 9.43. The van der Waals surface area contributed by atoms with Crippen molar-refractivity contribution < 1.29 is 4.79 Å². The van der Waals surface area contributed by atoms with Crippen molar-refractivity contribution in [2.24, 2.45) is 11.7 Å². The highest BCUT2D eigenvalue weighted by Crippen LogP contribution is 2.39. The molecule has 0 amide bonds. The third-order valence-corrected chi connectivity index (χ3v) is 5.81. The highest BCUT2D eigenvalue weighted by atomic mass is 16.1. The summed E-state index contributed by atoms with van der Waals surface area (Å²) in [6.07, 6.45) is 7.61. The van der Waals surface area contributed by atoms with Crippen LogP contribution in [0.4, 0.5) is 0 Å². The van der Waals surface area contributed by atoms with Crippen LogP contribution in [0.3, 0.4) is 0 Å². The second kappa shape index (κ2) is 6.69. The summed E-state index contributed by atoms with van der Waals surface area (Å²) in [6.45, 7) is 4.44. The van der Waals surface area contributed by atoms with Crippen LogP contribution >= 0.6 is 0 Å². The predicted molar refractivity (Wildman–Crippen MR) is 108 cm³/mol. The zero-order valence-electron chi connectivity index (χ0n) is 15.4. The van der Waals surface area contributed by atoms with Gasteiger partial charge in [0.25, 0.3) is 0 Å². The van der Waals surface area contributed by atoms with Crippen LogP contribution < -0.4 is 5.73 Å². The fourth-order valence-corrected chi connectivity index (χ4v) is 4.34. The fourth-order valence-electron chi connectivity index (χ4n) is 4.34. The van der Waals surface area contributed by atoms with Crippen LogP contribution in [-0.4, -0.2) is 11.8 Å². The number of nitrogens with two attached hydrogens (primary N) is 1. The molecular formula is C24H25NO. The summed E-state index contributed by atoms with van der Waals surface area (Å²) in [5.74, 6) is 0.793. The number of hydrogen-bond acceptors (Lipinski definition) is 2. The number of rotatable bonds is 2. The molecule has 2 aliphatic carbocycles. The normalized spacial score (nSPS) is 25.7. The molecule has 2 nitrogen and oxygen atoms in total. The third kappa shape index (κ3) is 2.95. The highest BCUT2D eigenvalue weighted by Gasteiger charge is 2.30. The van der Waals surface area contributed by atoms with Gasteiger partial charge in [0, 0.05) is 24.0 Å². The van der Waals surface area contributed by atoms with Gasteiger partial charge in [-0.2, -0.15) is 0 Å². The van der Waals surface area contributed by atoms with Gasteiger partial charge in [-0.3, -0.25) is 4.79 Å². The van der Waals surface area contributed by atoms with Crippen molar-refractivity contribution >= 4 is 16.6 Å². The summed E-state index contributed by atoms with van der Waals surface area (Å²) in [7, 11) is 0. The Hall–Kier alpha value is -2.45. The molecule has 2 heteroatoms. The Bertz CT molecular complexity index is 958.